The molecule has 1 unspecified atom stereocenters. The number of fused-ring (bicyclic) bond motifs is 1. The van der Waals surface area contributed by atoms with Crippen molar-refractivity contribution >= 4 is 17.7 Å². The number of carboxylic acids is 1. The van der Waals surface area contributed by atoms with Gasteiger partial charge in [-0.2, -0.15) is 18.4 Å². The Morgan fingerprint density at radius 1 is 1.24 bits per heavy atom. The van der Waals surface area contributed by atoms with Crippen molar-refractivity contribution in [3.05, 3.63) is 41.3 Å². The molecule has 3 N–H and O–H groups in total. The van der Waals surface area contributed by atoms with E-state index >= 15 is 0 Å². The van der Waals surface area contributed by atoms with E-state index in [-0.39, 0.29) is 31.1 Å². The number of nitrogens with zero attached hydrogens (tertiary/aromatic N) is 5. The van der Waals surface area contributed by atoms with Crippen molar-refractivity contribution in [1.82, 2.24) is 19.9 Å². The minimum absolute atomic E-state index is 0.0727. The number of nitrogens with one attached hydrogen (secondary N) is 2. The first-order valence-corrected chi connectivity index (χ1v) is 12.5. The lowest BCUT2D eigenvalue weighted by Crippen LogP contribution is -2.37. The van der Waals surface area contributed by atoms with Crippen molar-refractivity contribution < 1.29 is 27.8 Å². The zero-order valence-electron chi connectivity index (χ0n) is 21.0. The van der Waals surface area contributed by atoms with Crippen LogP contribution in [0.4, 0.5) is 24.9 Å². The molecule has 1 aliphatic rings. The summed E-state index contributed by atoms with van der Waals surface area (Å²) in [5, 5.41) is 24.5. The van der Waals surface area contributed by atoms with Gasteiger partial charge in [0.05, 0.1) is 24.6 Å². The third-order valence-corrected chi connectivity index (χ3v) is 6.04. The number of rotatable bonds is 15. The van der Waals surface area contributed by atoms with Crippen LogP contribution in [0.1, 0.15) is 42.5 Å². The van der Waals surface area contributed by atoms with E-state index in [1.165, 1.54) is 18.0 Å². The molecule has 0 saturated carbocycles. The Labute approximate surface area is 219 Å². The normalized spacial score (nSPS) is 13.9. The zero-order valence-corrected chi connectivity index (χ0v) is 21.0. The zero-order chi connectivity index (χ0) is 27.4. The van der Waals surface area contributed by atoms with Crippen molar-refractivity contribution in [3.63, 3.8) is 0 Å². The molecule has 0 spiro atoms. The van der Waals surface area contributed by atoms with Gasteiger partial charge in [-0.05, 0) is 56.7 Å². The maximum Gasteiger partial charge on any atom is 0.411 e. The van der Waals surface area contributed by atoms with Crippen molar-refractivity contribution in [2.24, 2.45) is 0 Å². The number of halogens is 3. The number of alkyl halides is 3. The van der Waals surface area contributed by atoms with Gasteiger partial charge < -0.3 is 25.4 Å². The molecule has 0 fully saturated rings. The first-order chi connectivity index (χ1) is 18.2. The van der Waals surface area contributed by atoms with Gasteiger partial charge in [-0.15, -0.1) is 0 Å². The van der Waals surface area contributed by atoms with Crippen LogP contribution >= 0.6 is 0 Å². The van der Waals surface area contributed by atoms with Crippen molar-refractivity contribution in [3.8, 4) is 6.07 Å². The van der Waals surface area contributed by atoms with Gasteiger partial charge in [-0.25, -0.2) is 19.7 Å². The molecular weight excluding hydrogens is 503 g/mol. The quantitative estimate of drug-likeness (QED) is 0.292. The Balaban J connectivity index is 1.51. The molecule has 206 valence electrons. The minimum Gasteiger partial charge on any atom is -0.480 e. The summed E-state index contributed by atoms with van der Waals surface area (Å²) in [6, 6.07) is 5.00. The van der Waals surface area contributed by atoms with E-state index < -0.39 is 24.8 Å². The minimum atomic E-state index is -4.40. The summed E-state index contributed by atoms with van der Waals surface area (Å²) >= 11 is 0. The lowest BCUT2D eigenvalue weighted by atomic mass is 10.1. The largest absolute Gasteiger partial charge is 0.480 e. The number of hydrogen-bond donors (Lipinski definition) is 3. The van der Waals surface area contributed by atoms with E-state index in [1.807, 2.05) is 17.0 Å². The molecule has 10 nitrogen and oxygen atoms in total. The van der Waals surface area contributed by atoms with Crippen LogP contribution in [-0.2, 0) is 22.4 Å². The van der Waals surface area contributed by atoms with Crippen LogP contribution in [0.3, 0.4) is 0 Å². The standard InChI is InChI=1S/C25H32F3N7O3/c26-25(27,28)17-38-13-12-35(10-2-1-5-20-7-6-19-4-3-9-30-22(19)33-20)11-8-21(23(36)37)34-24-31-15-18(14-29)16-32-24/h6-7,15-16,21H,1-5,8-13,17H2,(H,30,33)(H,36,37)(H,31,32,34). The predicted molar refractivity (Wildman–Crippen MR) is 134 cm³/mol. The molecule has 13 heteroatoms. The third kappa shape index (κ3) is 10.1. The number of unbranched alkanes of at least 4 members (excludes halogenated alkanes) is 1. The molecule has 0 radical (unpaired) electrons. The average Bonchev–Trinajstić information content (AvgIpc) is 2.90. The second-order valence-electron chi connectivity index (χ2n) is 9.04. The first kappa shape index (κ1) is 29.1. The lowest BCUT2D eigenvalue weighted by molar-refractivity contribution is -0.174. The van der Waals surface area contributed by atoms with Gasteiger partial charge in [0.2, 0.25) is 5.95 Å². The second-order valence-corrected chi connectivity index (χ2v) is 9.04. The van der Waals surface area contributed by atoms with Crippen molar-refractivity contribution in [1.29, 1.82) is 5.26 Å². The van der Waals surface area contributed by atoms with Gasteiger partial charge in [0.25, 0.3) is 0 Å². The smallest absolute Gasteiger partial charge is 0.411 e. The fourth-order valence-corrected chi connectivity index (χ4v) is 4.05. The maximum absolute atomic E-state index is 12.4. The summed E-state index contributed by atoms with van der Waals surface area (Å²) in [7, 11) is 0. The van der Waals surface area contributed by atoms with E-state index in [1.54, 1.807) is 0 Å². The Kier molecular flexibility index (Phi) is 11.0. The first-order valence-electron chi connectivity index (χ1n) is 12.5. The molecule has 0 aromatic carbocycles. The summed E-state index contributed by atoms with van der Waals surface area (Å²) in [6.45, 7) is 0.583. The molecule has 2 aromatic rings. The predicted octanol–water partition coefficient (Wildman–Crippen LogP) is 3.26. The van der Waals surface area contributed by atoms with E-state index in [9.17, 15) is 23.1 Å². The van der Waals surface area contributed by atoms with Crippen LogP contribution in [0.5, 0.6) is 0 Å². The molecule has 38 heavy (non-hydrogen) atoms. The van der Waals surface area contributed by atoms with Crippen LogP contribution in [0.2, 0.25) is 0 Å². The molecule has 1 aliphatic heterocycles. The van der Waals surface area contributed by atoms with E-state index in [0.717, 1.165) is 50.2 Å². The summed E-state index contributed by atoms with van der Waals surface area (Å²) in [4.78, 5) is 26.2. The second kappa shape index (κ2) is 14.4. The molecule has 2 aromatic heterocycles. The molecule has 3 heterocycles. The number of aryl methyl sites for hydroxylation is 2. The number of anilines is 2. The molecular formula is C25H32F3N7O3. The molecule has 0 bridgehead atoms. The van der Waals surface area contributed by atoms with Gasteiger partial charge in [0, 0.05) is 25.3 Å². The summed E-state index contributed by atoms with van der Waals surface area (Å²) in [6.07, 6.45) is 2.79. The molecule has 3 rings (SSSR count). The summed E-state index contributed by atoms with van der Waals surface area (Å²) in [5.74, 6) is -0.0996. The highest BCUT2D eigenvalue weighted by Gasteiger charge is 2.27. The number of hydrogen-bond acceptors (Lipinski definition) is 9. The lowest BCUT2D eigenvalue weighted by Gasteiger charge is -2.24. The van der Waals surface area contributed by atoms with Gasteiger partial charge >= 0.3 is 12.1 Å². The van der Waals surface area contributed by atoms with Crippen LogP contribution in [-0.4, -0.2) is 82.5 Å². The van der Waals surface area contributed by atoms with Crippen LogP contribution < -0.4 is 10.6 Å². The van der Waals surface area contributed by atoms with Gasteiger partial charge in [0.15, 0.2) is 0 Å². The van der Waals surface area contributed by atoms with Gasteiger partial charge in [-0.3, -0.25) is 0 Å². The molecule has 0 amide bonds. The number of ether oxygens (including phenoxy) is 1. The van der Waals surface area contributed by atoms with Gasteiger partial charge in [-0.1, -0.05) is 6.07 Å². The Hall–Kier alpha value is -3.50. The van der Waals surface area contributed by atoms with Gasteiger partial charge in [0.1, 0.15) is 24.5 Å². The molecule has 0 saturated heterocycles. The average molecular weight is 536 g/mol. The Morgan fingerprint density at radius 2 is 2.03 bits per heavy atom. The number of carbonyl (C=O) groups is 1. The van der Waals surface area contributed by atoms with Crippen LogP contribution in [0, 0.1) is 11.3 Å². The number of aromatic nitrogens is 3. The topological polar surface area (TPSA) is 136 Å². The maximum atomic E-state index is 12.4. The SMILES string of the molecule is N#Cc1cnc(NC(CCN(CCCCc2ccc3c(n2)NCCC3)CCOCC(F)(F)F)C(=O)O)nc1. The monoisotopic (exact) mass is 535 g/mol. The third-order valence-electron chi connectivity index (χ3n) is 6.04. The summed E-state index contributed by atoms with van der Waals surface area (Å²) in [5.41, 5.74) is 2.45. The number of nitriles is 1. The Morgan fingerprint density at radius 3 is 2.74 bits per heavy atom. The molecule has 1 atom stereocenters. The van der Waals surface area contributed by atoms with E-state index in [2.05, 4.69) is 31.7 Å². The molecule has 0 aliphatic carbocycles. The highest BCUT2D eigenvalue weighted by molar-refractivity contribution is 5.76. The number of aliphatic carboxylic acids is 1. The van der Waals surface area contributed by atoms with Crippen LogP contribution in [0.25, 0.3) is 0 Å². The number of pyridine rings is 1. The fraction of sp³-hybridized carbons (Fsp3) is 0.560. The highest BCUT2D eigenvalue weighted by atomic mass is 19.4. The number of carboxylic acid groups (broad SMARTS) is 1. The Bertz CT molecular complexity index is 1080. The summed E-state index contributed by atoms with van der Waals surface area (Å²) < 4.78 is 42.1. The van der Waals surface area contributed by atoms with Crippen LogP contribution in [0.15, 0.2) is 24.5 Å². The van der Waals surface area contributed by atoms with Crippen molar-refractivity contribution in [2.75, 3.05) is 50.0 Å². The highest BCUT2D eigenvalue weighted by Crippen LogP contribution is 2.20. The van der Waals surface area contributed by atoms with E-state index in [4.69, 9.17) is 10.00 Å². The van der Waals surface area contributed by atoms with Crippen molar-refractivity contribution in [2.45, 2.75) is 50.7 Å². The van der Waals surface area contributed by atoms with E-state index in [0.29, 0.717) is 13.1 Å². The fourth-order valence-electron chi connectivity index (χ4n) is 4.05.